The summed E-state index contributed by atoms with van der Waals surface area (Å²) in [7, 11) is -2.05. The Hall–Kier alpha value is -3.79. The fourth-order valence-electron chi connectivity index (χ4n) is 2.92. The summed E-state index contributed by atoms with van der Waals surface area (Å²) >= 11 is 0. The Labute approximate surface area is 193 Å². The molecule has 3 aromatic rings. The Morgan fingerprint density at radius 1 is 1.03 bits per heavy atom. The lowest BCUT2D eigenvalue weighted by molar-refractivity contribution is 0.102. The molecule has 0 saturated heterocycles. The van der Waals surface area contributed by atoms with Gasteiger partial charge in [0.2, 0.25) is 10.0 Å². The van der Waals surface area contributed by atoms with E-state index in [1.54, 1.807) is 30.5 Å². The van der Waals surface area contributed by atoms with E-state index in [2.05, 4.69) is 20.3 Å². The summed E-state index contributed by atoms with van der Waals surface area (Å²) < 4.78 is 36.9. The van der Waals surface area contributed by atoms with Gasteiger partial charge in [-0.1, -0.05) is 0 Å². The molecule has 0 bridgehead atoms. The number of aromatic nitrogens is 1. The van der Waals surface area contributed by atoms with Gasteiger partial charge in [0.05, 0.1) is 30.7 Å². The number of carbonyl (C=O) groups excluding carboxylic acids is 1. The van der Waals surface area contributed by atoms with Gasteiger partial charge in [-0.05, 0) is 62.4 Å². The van der Waals surface area contributed by atoms with Crippen LogP contribution in [0.1, 0.15) is 24.2 Å². The molecule has 0 spiro atoms. The number of benzene rings is 2. The molecular formula is C23H26N4O5S. The maximum absolute atomic E-state index is 13.0. The third-order valence-corrected chi connectivity index (χ3v) is 5.88. The Kier molecular flexibility index (Phi) is 7.73. The number of anilines is 4. The zero-order valence-corrected chi connectivity index (χ0v) is 19.4. The van der Waals surface area contributed by atoms with Crippen LogP contribution in [0.25, 0.3) is 0 Å². The summed E-state index contributed by atoms with van der Waals surface area (Å²) in [6.45, 7) is 4.03. The molecule has 0 fully saturated rings. The number of sulfonamides is 1. The van der Waals surface area contributed by atoms with E-state index in [9.17, 15) is 13.2 Å². The minimum atomic E-state index is -3.47. The van der Waals surface area contributed by atoms with Crippen molar-refractivity contribution in [3.05, 3.63) is 66.4 Å². The van der Waals surface area contributed by atoms with Crippen molar-refractivity contribution >= 4 is 38.8 Å². The van der Waals surface area contributed by atoms with Crippen LogP contribution in [0.2, 0.25) is 0 Å². The fourth-order valence-corrected chi connectivity index (χ4v) is 3.57. The van der Waals surface area contributed by atoms with Gasteiger partial charge < -0.3 is 20.1 Å². The minimum Gasteiger partial charge on any atom is -0.494 e. The van der Waals surface area contributed by atoms with Crippen LogP contribution in [0.4, 0.5) is 22.9 Å². The van der Waals surface area contributed by atoms with Crippen LogP contribution in [0, 0.1) is 0 Å². The zero-order valence-electron chi connectivity index (χ0n) is 18.6. The molecule has 0 atom stereocenters. The highest BCUT2D eigenvalue weighted by molar-refractivity contribution is 7.92. The summed E-state index contributed by atoms with van der Waals surface area (Å²) in [5.74, 6) is 0.961. The number of nitrogens with zero attached hydrogens (tertiary/aromatic N) is 1. The smallest absolute Gasteiger partial charge is 0.259 e. The Morgan fingerprint density at radius 2 is 1.76 bits per heavy atom. The number of pyridine rings is 1. The van der Waals surface area contributed by atoms with E-state index in [1.807, 2.05) is 31.2 Å². The Balaban J connectivity index is 1.78. The van der Waals surface area contributed by atoms with Gasteiger partial charge in [-0.15, -0.1) is 0 Å². The van der Waals surface area contributed by atoms with Gasteiger partial charge >= 0.3 is 0 Å². The predicted octanol–water partition coefficient (Wildman–Crippen LogP) is 4.25. The lowest BCUT2D eigenvalue weighted by atomic mass is 10.2. The molecule has 1 amide bonds. The molecule has 10 heteroatoms. The molecule has 0 aliphatic heterocycles. The second-order valence-corrected chi connectivity index (χ2v) is 8.87. The molecule has 0 saturated carbocycles. The third-order valence-electron chi connectivity index (χ3n) is 4.59. The van der Waals surface area contributed by atoms with E-state index in [1.165, 1.54) is 20.1 Å². The summed E-state index contributed by atoms with van der Waals surface area (Å²) in [6, 6.07) is 15.3. The first kappa shape index (κ1) is 23.9. The zero-order chi connectivity index (χ0) is 23.8. The van der Waals surface area contributed by atoms with E-state index in [0.29, 0.717) is 23.7 Å². The lowest BCUT2D eigenvalue weighted by Gasteiger charge is -2.14. The number of ether oxygens (including phenoxy) is 2. The van der Waals surface area contributed by atoms with Crippen LogP contribution in [-0.2, 0) is 10.0 Å². The van der Waals surface area contributed by atoms with Gasteiger partial charge in [0.25, 0.3) is 5.91 Å². The summed E-state index contributed by atoms with van der Waals surface area (Å²) in [5, 5.41) is 5.94. The van der Waals surface area contributed by atoms with Gasteiger partial charge in [-0.2, -0.15) is 0 Å². The largest absolute Gasteiger partial charge is 0.494 e. The van der Waals surface area contributed by atoms with Crippen LogP contribution in [0.3, 0.4) is 0 Å². The van der Waals surface area contributed by atoms with E-state index >= 15 is 0 Å². The van der Waals surface area contributed by atoms with Crippen LogP contribution < -0.4 is 24.8 Å². The van der Waals surface area contributed by atoms with Crippen LogP contribution in [0.15, 0.2) is 60.8 Å². The molecule has 0 aliphatic rings. The highest BCUT2D eigenvalue weighted by Crippen LogP contribution is 2.29. The van der Waals surface area contributed by atoms with Crippen molar-refractivity contribution < 1.29 is 22.7 Å². The second kappa shape index (κ2) is 10.7. The highest BCUT2D eigenvalue weighted by Gasteiger charge is 2.16. The maximum Gasteiger partial charge on any atom is 0.259 e. The molecule has 0 aliphatic carbocycles. The quantitative estimate of drug-likeness (QED) is 0.405. The van der Waals surface area contributed by atoms with E-state index in [0.717, 1.165) is 11.4 Å². The van der Waals surface area contributed by atoms with Crippen molar-refractivity contribution in [2.24, 2.45) is 0 Å². The first-order valence-electron chi connectivity index (χ1n) is 10.3. The third kappa shape index (κ3) is 6.36. The number of amides is 1. The SMILES string of the molecule is CCOc1ccc(Nc2ncccc2C(=O)Nc2ccc(NS(=O)(=O)CC)c(OC)c2)cc1. The van der Waals surface area contributed by atoms with Crippen molar-refractivity contribution in [2.75, 3.05) is 34.8 Å². The first-order valence-corrected chi connectivity index (χ1v) is 11.9. The molecule has 1 aromatic heterocycles. The monoisotopic (exact) mass is 470 g/mol. The average molecular weight is 471 g/mol. The molecule has 33 heavy (non-hydrogen) atoms. The van der Waals surface area contributed by atoms with Gasteiger partial charge in [-0.3, -0.25) is 9.52 Å². The number of methoxy groups -OCH3 is 1. The molecule has 0 radical (unpaired) electrons. The maximum atomic E-state index is 13.0. The average Bonchev–Trinajstić information content (AvgIpc) is 2.81. The summed E-state index contributed by atoms with van der Waals surface area (Å²) in [6.07, 6.45) is 1.59. The predicted molar refractivity (Wildman–Crippen MR) is 129 cm³/mol. The van der Waals surface area contributed by atoms with Gasteiger partial charge in [0, 0.05) is 23.6 Å². The fraction of sp³-hybridized carbons (Fsp3) is 0.217. The normalized spacial score (nSPS) is 10.9. The molecule has 0 unspecified atom stereocenters. The van der Waals surface area contributed by atoms with Crippen LogP contribution >= 0.6 is 0 Å². The standard InChI is InChI=1S/C23H26N4O5S/c1-4-32-18-11-8-16(9-12-18)25-22-19(7-6-14-24-22)23(28)26-17-10-13-20(21(15-17)31-3)27-33(29,30)5-2/h6-15,27H,4-5H2,1-3H3,(H,24,25)(H,26,28). The van der Waals surface area contributed by atoms with Crippen molar-refractivity contribution in [3.8, 4) is 11.5 Å². The van der Waals surface area contributed by atoms with Crippen molar-refractivity contribution in [2.45, 2.75) is 13.8 Å². The van der Waals surface area contributed by atoms with Crippen LogP contribution in [-0.4, -0.2) is 38.8 Å². The molecule has 3 rings (SSSR count). The molecule has 9 nitrogen and oxygen atoms in total. The van der Waals surface area contributed by atoms with Crippen molar-refractivity contribution in [1.82, 2.24) is 4.98 Å². The van der Waals surface area contributed by atoms with Crippen molar-refractivity contribution in [1.29, 1.82) is 0 Å². The number of rotatable bonds is 10. The molecule has 2 aromatic carbocycles. The van der Waals surface area contributed by atoms with Crippen LogP contribution in [0.5, 0.6) is 11.5 Å². The summed E-state index contributed by atoms with van der Waals surface area (Å²) in [4.78, 5) is 17.2. The number of carbonyl (C=O) groups is 1. The first-order chi connectivity index (χ1) is 15.8. The Morgan fingerprint density at radius 3 is 2.42 bits per heavy atom. The second-order valence-electron chi connectivity index (χ2n) is 6.86. The van der Waals surface area contributed by atoms with E-state index < -0.39 is 10.0 Å². The van der Waals surface area contributed by atoms with E-state index in [-0.39, 0.29) is 23.1 Å². The molecule has 3 N–H and O–H groups in total. The number of hydrogen-bond acceptors (Lipinski definition) is 7. The van der Waals surface area contributed by atoms with E-state index in [4.69, 9.17) is 9.47 Å². The van der Waals surface area contributed by atoms with Gasteiger partial charge in [0.15, 0.2) is 0 Å². The minimum absolute atomic E-state index is 0.0697. The lowest BCUT2D eigenvalue weighted by Crippen LogP contribution is -2.16. The molecular weight excluding hydrogens is 444 g/mol. The topological polar surface area (TPSA) is 119 Å². The van der Waals surface area contributed by atoms with Gasteiger partial charge in [-0.25, -0.2) is 13.4 Å². The number of nitrogens with one attached hydrogen (secondary N) is 3. The molecule has 174 valence electrons. The highest BCUT2D eigenvalue weighted by atomic mass is 32.2. The molecule has 1 heterocycles. The number of hydrogen-bond donors (Lipinski definition) is 3. The van der Waals surface area contributed by atoms with Crippen molar-refractivity contribution in [3.63, 3.8) is 0 Å². The Bertz CT molecular complexity index is 1210. The summed E-state index contributed by atoms with van der Waals surface area (Å²) in [5.41, 5.74) is 1.81. The van der Waals surface area contributed by atoms with Gasteiger partial charge in [0.1, 0.15) is 17.3 Å².